The monoisotopic (exact) mass is 631 g/mol. The van der Waals surface area contributed by atoms with Gasteiger partial charge in [0.15, 0.2) is 16.3 Å². The Labute approximate surface area is 270 Å². The van der Waals surface area contributed by atoms with Gasteiger partial charge in [0, 0.05) is 5.69 Å². The predicted octanol–water partition coefficient (Wildman–Crippen LogP) is 5.73. The van der Waals surface area contributed by atoms with Gasteiger partial charge in [0.05, 0.1) is 28.5 Å². The van der Waals surface area contributed by atoms with Gasteiger partial charge >= 0.3 is 0 Å². The lowest BCUT2D eigenvalue weighted by molar-refractivity contribution is -0.113. The van der Waals surface area contributed by atoms with Crippen LogP contribution >= 0.6 is 11.3 Å². The molecule has 0 radical (unpaired) electrons. The molecule has 1 atom stereocenters. The van der Waals surface area contributed by atoms with Crippen LogP contribution in [-0.4, -0.2) is 30.3 Å². The number of nitrogens with zero attached hydrogens (tertiary/aromatic N) is 2. The van der Waals surface area contributed by atoms with E-state index in [1.165, 1.54) is 11.3 Å². The summed E-state index contributed by atoms with van der Waals surface area (Å²) in [7, 11) is 0. The molecule has 8 nitrogen and oxygen atoms in total. The number of para-hydroxylation sites is 2. The fourth-order valence-corrected chi connectivity index (χ4v) is 6.31. The van der Waals surface area contributed by atoms with Crippen LogP contribution in [0.25, 0.3) is 6.08 Å². The Morgan fingerprint density at radius 2 is 1.54 bits per heavy atom. The van der Waals surface area contributed by atoms with E-state index in [-0.39, 0.29) is 11.5 Å². The van der Waals surface area contributed by atoms with Crippen LogP contribution < -0.4 is 34.4 Å². The fraction of sp³-hybridized carbons (Fsp3) is 0.162. The number of amides is 1. The highest BCUT2D eigenvalue weighted by Gasteiger charge is 2.32. The Morgan fingerprint density at radius 1 is 0.870 bits per heavy atom. The molecule has 0 fully saturated rings. The second kappa shape index (κ2) is 14.1. The first kappa shape index (κ1) is 30.6. The van der Waals surface area contributed by atoms with Crippen LogP contribution in [-0.2, 0) is 4.79 Å². The van der Waals surface area contributed by atoms with Gasteiger partial charge in [-0.15, -0.1) is 0 Å². The lowest BCUT2D eigenvalue weighted by Crippen LogP contribution is -2.40. The Morgan fingerprint density at radius 3 is 2.26 bits per heavy atom. The third-order valence-corrected chi connectivity index (χ3v) is 8.31. The standard InChI is InChI=1S/C37H33N3O5S/c1-3-43-31-23-26(19-20-30(31)45-22-21-44-29-17-11-6-12-18-29)24-32-36(42)40-34(27-13-7-4-8-14-27)33(25(2)38-37(40)46-32)35(41)39-28-15-9-5-10-16-28/h4-20,23-24,34H,3,21-22H2,1-2H3,(H,39,41)/b32-24-/t34-/m1/s1. The van der Waals surface area contributed by atoms with Crippen molar-refractivity contribution in [3.8, 4) is 17.2 Å². The molecule has 232 valence electrons. The van der Waals surface area contributed by atoms with E-state index in [0.29, 0.717) is 57.6 Å². The van der Waals surface area contributed by atoms with Crippen molar-refractivity contribution in [2.24, 2.45) is 4.99 Å². The molecule has 0 saturated carbocycles. The van der Waals surface area contributed by atoms with Gasteiger partial charge in [0.25, 0.3) is 11.5 Å². The van der Waals surface area contributed by atoms with Crippen LogP contribution in [0.3, 0.4) is 0 Å². The summed E-state index contributed by atoms with van der Waals surface area (Å²) in [5.41, 5.74) is 3.01. The molecule has 1 N–H and O–H groups in total. The average Bonchev–Trinajstić information content (AvgIpc) is 3.38. The number of carbonyl (C=O) groups excluding carboxylic acids is 1. The number of nitrogens with one attached hydrogen (secondary N) is 1. The summed E-state index contributed by atoms with van der Waals surface area (Å²) in [5, 5.41) is 2.98. The Kier molecular flexibility index (Phi) is 9.40. The number of aromatic nitrogens is 1. The molecular weight excluding hydrogens is 598 g/mol. The number of anilines is 1. The van der Waals surface area contributed by atoms with Crippen molar-refractivity contribution in [3.63, 3.8) is 0 Å². The van der Waals surface area contributed by atoms with E-state index in [4.69, 9.17) is 19.2 Å². The Bertz CT molecular complexity index is 2040. The number of fused-ring (bicyclic) bond motifs is 1. The minimum atomic E-state index is -0.642. The number of hydrogen-bond acceptors (Lipinski definition) is 7. The highest BCUT2D eigenvalue weighted by molar-refractivity contribution is 7.07. The summed E-state index contributed by atoms with van der Waals surface area (Å²) < 4.78 is 19.7. The molecule has 2 heterocycles. The summed E-state index contributed by atoms with van der Waals surface area (Å²) in [6.45, 7) is 4.89. The van der Waals surface area contributed by atoms with Gasteiger partial charge in [-0.25, -0.2) is 4.99 Å². The van der Waals surface area contributed by atoms with Gasteiger partial charge in [-0.05, 0) is 67.4 Å². The molecule has 5 aromatic rings. The van der Waals surface area contributed by atoms with E-state index in [1.807, 2.05) is 129 Å². The van der Waals surface area contributed by atoms with Gasteiger partial charge in [-0.3, -0.25) is 14.2 Å². The number of thiazole rings is 1. The largest absolute Gasteiger partial charge is 0.490 e. The SMILES string of the molecule is CCOc1cc(/C=c2\sc3n(c2=O)[C@H](c2ccccc2)C(C(=O)Nc2ccccc2)=C(C)N=3)ccc1OCCOc1ccccc1. The van der Waals surface area contributed by atoms with Gasteiger partial charge in [-0.1, -0.05) is 84.1 Å². The zero-order valence-corrected chi connectivity index (χ0v) is 26.3. The maximum absolute atomic E-state index is 14.1. The molecule has 9 heteroatoms. The molecule has 1 aliphatic rings. The minimum absolute atomic E-state index is 0.230. The van der Waals surface area contributed by atoms with Gasteiger partial charge in [0.1, 0.15) is 19.0 Å². The van der Waals surface area contributed by atoms with Crippen molar-refractivity contribution >= 4 is 29.0 Å². The van der Waals surface area contributed by atoms with Crippen molar-refractivity contribution in [1.29, 1.82) is 0 Å². The first-order valence-corrected chi connectivity index (χ1v) is 15.8. The van der Waals surface area contributed by atoms with Crippen molar-refractivity contribution in [2.75, 3.05) is 25.1 Å². The van der Waals surface area contributed by atoms with Crippen LogP contribution in [0.15, 0.2) is 130 Å². The van der Waals surface area contributed by atoms with Gasteiger partial charge in [0.2, 0.25) is 0 Å². The number of benzene rings is 4. The molecule has 4 aromatic carbocycles. The van der Waals surface area contributed by atoms with Crippen molar-refractivity contribution in [2.45, 2.75) is 19.9 Å². The number of carbonyl (C=O) groups is 1. The first-order chi connectivity index (χ1) is 22.5. The lowest BCUT2D eigenvalue weighted by atomic mass is 9.95. The molecule has 0 unspecified atom stereocenters. The van der Waals surface area contributed by atoms with Crippen LogP contribution in [0, 0.1) is 0 Å². The number of allylic oxidation sites excluding steroid dienone is 1. The Hall–Kier alpha value is -5.41. The van der Waals surface area contributed by atoms with Crippen LogP contribution in [0.5, 0.6) is 17.2 Å². The summed E-state index contributed by atoms with van der Waals surface area (Å²) in [5.74, 6) is 1.63. The number of rotatable bonds is 11. The summed E-state index contributed by atoms with van der Waals surface area (Å²) in [6, 6.07) is 33.3. The topological polar surface area (TPSA) is 91.2 Å². The predicted molar refractivity (Wildman–Crippen MR) is 180 cm³/mol. The van der Waals surface area contributed by atoms with Crippen LogP contribution in [0.4, 0.5) is 5.69 Å². The normalized spacial score (nSPS) is 14.3. The lowest BCUT2D eigenvalue weighted by Gasteiger charge is -2.25. The van der Waals surface area contributed by atoms with Crippen molar-refractivity contribution in [1.82, 2.24) is 4.57 Å². The van der Waals surface area contributed by atoms with Crippen molar-refractivity contribution < 1.29 is 19.0 Å². The molecule has 6 rings (SSSR count). The van der Waals surface area contributed by atoms with Crippen molar-refractivity contribution in [3.05, 3.63) is 151 Å². The zero-order valence-electron chi connectivity index (χ0n) is 25.5. The van der Waals surface area contributed by atoms with Crippen LogP contribution in [0.2, 0.25) is 0 Å². The van der Waals surface area contributed by atoms with E-state index in [1.54, 1.807) is 4.57 Å². The van der Waals surface area contributed by atoms with Gasteiger partial charge in [-0.2, -0.15) is 0 Å². The summed E-state index contributed by atoms with van der Waals surface area (Å²) in [4.78, 5) is 33.0. The average molecular weight is 632 g/mol. The zero-order chi connectivity index (χ0) is 31.9. The molecule has 1 amide bonds. The maximum atomic E-state index is 14.1. The first-order valence-electron chi connectivity index (χ1n) is 15.0. The molecule has 0 aliphatic carbocycles. The van der Waals surface area contributed by atoms with E-state index in [0.717, 1.165) is 16.9 Å². The summed E-state index contributed by atoms with van der Waals surface area (Å²) >= 11 is 1.29. The molecule has 46 heavy (non-hydrogen) atoms. The molecular formula is C37H33N3O5S. The fourth-order valence-electron chi connectivity index (χ4n) is 5.26. The van der Waals surface area contributed by atoms with Gasteiger partial charge < -0.3 is 19.5 Å². The quantitative estimate of drug-likeness (QED) is 0.188. The number of ether oxygens (including phenoxy) is 3. The maximum Gasteiger partial charge on any atom is 0.271 e. The smallest absolute Gasteiger partial charge is 0.271 e. The second-order valence-corrected chi connectivity index (χ2v) is 11.5. The number of hydrogen-bond donors (Lipinski definition) is 1. The minimum Gasteiger partial charge on any atom is -0.490 e. The highest BCUT2D eigenvalue weighted by atomic mass is 32.1. The highest BCUT2D eigenvalue weighted by Crippen LogP contribution is 2.31. The molecule has 0 saturated heterocycles. The molecule has 0 bridgehead atoms. The van der Waals surface area contributed by atoms with E-state index in [2.05, 4.69) is 5.32 Å². The molecule has 1 aliphatic heterocycles. The third-order valence-electron chi connectivity index (χ3n) is 7.33. The third kappa shape index (κ3) is 6.79. The molecule has 1 aromatic heterocycles. The summed E-state index contributed by atoms with van der Waals surface area (Å²) in [6.07, 6.45) is 1.82. The second-order valence-electron chi connectivity index (χ2n) is 10.5. The van der Waals surface area contributed by atoms with E-state index >= 15 is 0 Å². The molecule has 0 spiro atoms. The van der Waals surface area contributed by atoms with E-state index < -0.39 is 6.04 Å². The van der Waals surface area contributed by atoms with E-state index in [9.17, 15) is 9.59 Å². The Balaban J connectivity index is 1.31. The van der Waals surface area contributed by atoms with Crippen LogP contribution in [0.1, 0.15) is 31.0 Å².